The summed E-state index contributed by atoms with van der Waals surface area (Å²) >= 11 is 0. The van der Waals surface area contributed by atoms with Crippen molar-refractivity contribution in [2.45, 2.75) is 0 Å². The van der Waals surface area contributed by atoms with Crippen molar-refractivity contribution in [3.63, 3.8) is 0 Å². The molecule has 0 radical (unpaired) electrons. The Morgan fingerprint density at radius 1 is 0.296 bits per heavy atom. The average molecular weight is 689 g/mol. The van der Waals surface area contributed by atoms with Gasteiger partial charge < -0.3 is 9.47 Å². The van der Waals surface area contributed by atoms with E-state index in [9.17, 15) is 0 Å². The Labute approximate surface area is 315 Å². The molecule has 0 bridgehead atoms. The minimum atomic E-state index is 1.10. The van der Waals surface area contributed by atoms with Gasteiger partial charge in [-0.15, -0.1) is 0 Å². The minimum Gasteiger partial charge on any atom is -0.311 e. The summed E-state index contributed by atoms with van der Waals surface area (Å²) in [6, 6.07) is 78.7. The van der Waals surface area contributed by atoms with Gasteiger partial charge in [-0.05, 0) is 105 Å². The highest BCUT2D eigenvalue weighted by Crippen LogP contribution is 2.44. The smallest absolute Gasteiger partial charge is 0.0547 e. The molecule has 2 nitrogen and oxygen atoms in total. The first-order valence-electron chi connectivity index (χ1n) is 18.5. The van der Waals surface area contributed by atoms with Crippen LogP contribution in [0.3, 0.4) is 0 Å². The Kier molecular flexibility index (Phi) is 7.85. The Morgan fingerprint density at radius 2 is 0.815 bits per heavy atom. The van der Waals surface area contributed by atoms with E-state index >= 15 is 0 Å². The van der Waals surface area contributed by atoms with Crippen molar-refractivity contribution in [3.05, 3.63) is 218 Å². The van der Waals surface area contributed by atoms with Crippen LogP contribution >= 0.6 is 0 Å². The van der Waals surface area contributed by atoms with Gasteiger partial charge in [-0.3, -0.25) is 0 Å². The number of fused-ring (bicyclic) bond motifs is 5. The fourth-order valence-electron chi connectivity index (χ4n) is 8.13. The highest BCUT2D eigenvalue weighted by molar-refractivity contribution is 6.25. The number of rotatable bonds is 7. The van der Waals surface area contributed by atoms with Crippen LogP contribution < -0.4 is 4.90 Å². The number of hydrogen-bond donors (Lipinski definition) is 0. The lowest BCUT2D eigenvalue weighted by atomic mass is 9.91. The summed E-state index contributed by atoms with van der Waals surface area (Å²) in [5.41, 5.74) is 14.1. The van der Waals surface area contributed by atoms with Crippen LogP contribution in [0, 0.1) is 0 Å². The Bertz CT molecular complexity index is 2890. The van der Waals surface area contributed by atoms with Gasteiger partial charge >= 0.3 is 0 Å². The van der Waals surface area contributed by atoms with E-state index in [0.717, 1.165) is 22.7 Å². The molecule has 0 fully saturated rings. The fraction of sp³-hybridized carbons (Fsp3) is 0. The van der Waals surface area contributed by atoms with Crippen LogP contribution in [-0.4, -0.2) is 4.57 Å². The summed E-state index contributed by atoms with van der Waals surface area (Å²) in [7, 11) is 0. The van der Waals surface area contributed by atoms with Crippen molar-refractivity contribution < 1.29 is 0 Å². The molecule has 0 unspecified atom stereocenters. The van der Waals surface area contributed by atoms with Crippen LogP contribution in [0.5, 0.6) is 0 Å². The van der Waals surface area contributed by atoms with Gasteiger partial charge in [0.05, 0.1) is 11.0 Å². The number of hydrogen-bond acceptors (Lipinski definition) is 1. The van der Waals surface area contributed by atoms with E-state index in [1.807, 2.05) is 0 Å². The molecule has 254 valence electrons. The standard InChI is InChI=1S/C52H36N2/c1-4-15-37(16-5-1)38-27-30-42(31-28-38)53(41-20-8-3-9-21-41)43-32-34-44(35-33-43)54-49-26-14-25-48(47-24-13-12-22-45(47)39-17-6-2-7-18-39)52(49)51-46-23-11-10-19-40(46)29-36-50(51)54/h1-36H. The van der Waals surface area contributed by atoms with Crippen LogP contribution in [0.25, 0.3) is 71.6 Å². The van der Waals surface area contributed by atoms with Gasteiger partial charge in [0, 0.05) is 33.5 Å². The lowest BCUT2D eigenvalue weighted by Crippen LogP contribution is -2.10. The zero-order valence-corrected chi connectivity index (χ0v) is 29.7. The van der Waals surface area contributed by atoms with Crippen molar-refractivity contribution in [2.75, 3.05) is 4.90 Å². The zero-order chi connectivity index (χ0) is 35.8. The third-order valence-corrected chi connectivity index (χ3v) is 10.6. The molecule has 0 atom stereocenters. The molecule has 1 heterocycles. The molecule has 9 aromatic carbocycles. The van der Waals surface area contributed by atoms with Crippen LogP contribution in [0.4, 0.5) is 17.1 Å². The highest BCUT2D eigenvalue weighted by atomic mass is 15.1. The van der Waals surface area contributed by atoms with Gasteiger partial charge in [-0.2, -0.15) is 0 Å². The fourth-order valence-corrected chi connectivity index (χ4v) is 8.13. The molecule has 54 heavy (non-hydrogen) atoms. The summed E-state index contributed by atoms with van der Waals surface area (Å²) < 4.78 is 2.44. The van der Waals surface area contributed by atoms with Gasteiger partial charge in [0.1, 0.15) is 0 Å². The van der Waals surface area contributed by atoms with E-state index in [1.165, 1.54) is 66.0 Å². The minimum absolute atomic E-state index is 1.10. The molecule has 0 saturated heterocycles. The Morgan fingerprint density at radius 3 is 1.54 bits per heavy atom. The summed E-state index contributed by atoms with van der Waals surface area (Å²) in [5, 5.41) is 5.03. The first-order valence-corrected chi connectivity index (χ1v) is 18.5. The van der Waals surface area contributed by atoms with Crippen molar-refractivity contribution in [2.24, 2.45) is 0 Å². The second kappa shape index (κ2) is 13.4. The monoisotopic (exact) mass is 688 g/mol. The topological polar surface area (TPSA) is 8.17 Å². The summed E-state index contributed by atoms with van der Waals surface area (Å²) in [6.07, 6.45) is 0. The third-order valence-electron chi connectivity index (χ3n) is 10.6. The van der Waals surface area contributed by atoms with Crippen LogP contribution in [0.15, 0.2) is 218 Å². The summed E-state index contributed by atoms with van der Waals surface area (Å²) in [6.45, 7) is 0. The second-order valence-corrected chi connectivity index (χ2v) is 13.7. The lowest BCUT2D eigenvalue weighted by Gasteiger charge is -2.26. The molecule has 0 aliphatic heterocycles. The van der Waals surface area contributed by atoms with Crippen molar-refractivity contribution in [1.82, 2.24) is 4.57 Å². The van der Waals surface area contributed by atoms with Gasteiger partial charge in [-0.25, -0.2) is 0 Å². The molecule has 2 heteroatoms. The number of anilines is 3. The molecule has 1 aromatic heterocycles. The zero-order valence-electron chi connectivity index (χ0n) is 29.7. The second-order valence-electron chi connectivity index (χ2n) is 13.7. The van der Waals surface area contributed by atoms with Gasteiger partial charge in [0.2, 0.25) is 0 Å². The first-order chi connectivity index (χ1) is 26.8. The number of para-hydroxylation sites is 1. The van der Waals surface area contributed by atoms with E-state index in [0.29, 0.717) is 0 Å². The van der Waals surface area contributed by atoms with Crippen LogP contribution in [0.1, 0.15) is 0 Å². The van der Waals surface area contributed by atoms with Crippen LogP contribution in [0.2, 0.25) is 0 Å². The van der Waals surface area contributed by atoms with Crippen LogP contribution in [-0.2, 0) is 0 Å². The van der Waals surface area contributed by atoms with E-state index in [-0.39, 0.29) is 0 Å². The number of nitrogens with zero attached hydrogens (tertiary/aromatic N) is 2. The van der Waals surface area contributed by atoms with Crippen molar-refractivity contribution in [1.29, 1.82) is 0 Å². The summed E-state index contributed by atoms with van der Waals surface area (Å²) in [5.74, 6) is 0. The average Bonchev–Trinajstić information content (AvgIpc) is 3.60. The van der Waals surface area contributed by atoms with E-state index in [2.05, 4.69) is 228 Å². The van der Waals surface area contributed by atoms with E-state index in [1.54, 1.807) is 0 Å². The highest BCUT2D eigenvalue weighted by Gasteiger charge is 2.20. The summed E-state index contributed by atoms with van der Waals surface area (Å²) in [4.78, 5) is 2.33. The lowest BCUT2D eigenvalue weighted by molar-refractivity contribution is 1.17. The maximum absolute atomic E-state index is 2.44. The molecular formula is C52H36N2. The number of benzene rings is 9. The SMILES string of the molecule is c1ccc(-c2ccc(N(c3ccccc3)c3ccc(-n4c5cccc(-c6ccccc6-c6ccccc6)c5c5c6ccccc6ccc54)cc3)cc2)cc1. The Hall–Kier alpha value is -7.16. The molecule has 10 rings (SSSR count). The predicted octanol–water partition coefficient (Wildman–Crippen LogP) is 14.4. The predicted molar refractivity (Wildman–Crippen MR) is 229 cm³/mol. The molecule has 0 N–H and O–H groups in total. The maximum atomic E-state index is 2.44. The molecule has 0 aliphatic rings. The van der Waals surface area contributed by atoms with Crippen molar-refractivity contribution >= 4 is 49.6 Å². The van der Waals surface area contributed by atoms with E-state index in [4.69, 9.17) is 0 Å². The molecule has 0 saturated carbocycles. The number of aromatic nitrogens is 1. The third kappa shape index (κ3) is 5.44. The molecule has 0 spiro atoms. The van der Waals surface area contributed by atoms with Gasteiger partial charge in [0.25, 0.3) is 0 Å². The van der Waals surface area contributed by atoms with E-state index < -0.39 is 0 Å². The van der Waals surface area contributed by atoms with Crippen molar-refractivity contribution in [3.8, 4) is 39.1 Å². The molecule has 0 aliphatic carbocycles. The molecule has 10 aromatic rings. The maximum Gasteiger partial charge on any atom is 0.0547 e. The normalized spacial score (nSPS) is 11.3. The Balaban J connectivity index is 1.15. The molecule has 0 amide bonds. The molecular weight excluding hydrogens is 653 g/mol. The van der Waals surface area contributed by atoms with Gasteiger partial charge in [0.15, 0.2) is 0 Å². The first kappa shape index (κ1) is 31.6. The van der Waals surface area contributed by atoms with Gasteiger partial charge in [-0.1, -0.05) is 158 Å². The largest absolute Gasteiger partial charge is 0.311 e. The quantitative estimate of drug-likeness (QED) is 0.162.